The van der Waals surface area contributed by atoms with Crippen molar-refractivity contribution in [3.63, 3.8) is 0 Å². The van der Waals surface area contributed by atoms with Crippen molar-refractivity contribution in [3.8, 4) is 0 Å². The second-order valence-corrected chi connectivity index (χ2v) is 4.33. The quantitative estimate of drug-likeness (QED) is 0.514. The number of amides is 1. The molecule has 0 spiro atoms. The van der Waals surface area contributed by atoms with Crippen LogP contribution in [0.5, 0.6) is 0 Å². The van der Waals surface area contributed by atoms with Crippen LogP contribution in [0.15, 0.2) is 11.1 Å². The van der Waals surface area contributed by atoms with Gasteiger partial charge in [0.1, 0.15) is 0 Å². The van der Waals surface area contributed by atoms with Gasteiger partial charge in [0.05, 0.1) is 6.61 Å². The highest BCUT2D eigenvalue weighted by Gasteiger charge is 2.20. The van der Waals surface area contributed by atoms with Gasteiger partial charge < -0.3 is 15.2 Å². The highest BCUT2D eigenvalue weighted by molar-refractivity contribution is 6.01. The summed E-state index contributed by atoms with van der Waals surface area (Å²) >= 11 is 0. The number of hydrogen-bond acceptors (Lipinski definition) is 3. The summed E-state index contributed by atoms with van der Waals surface area (Å²) in [5.74, 6) is -0.704. The van der Waals surface area contributed by atoms with E-state index >= 15 is 0 Å². The monoisotopic (exact) mass is 241 g/mol. The van der Waals surface area contributed by atoms with Gasteiger partial charge in [-0.15, -0.1) is 0 Å². The number of rotatable bonds is 7. The molecule has 0 atom stereocenters. The van der Waals surface area contributed by atoms with E-state index in [1.54, 1.807) is 0 Å². The summed E-state index contributed by atoms with van der Waals surface area (Å²) in [7, 11) is 0. The van der Waals surface area contributed by atoms with Crippen LogP contribution in [-0.2, 0) is 14.3 Å². The summed E-state index contributed by atoms with van der Waals surface area (Å²) in [4.78, 5) is 22.2. The van der Waals surface area contributed by atoms with Crippen LogP contribution in [0.4, 0.5) is 0 Å². The van der Waals surface area contributed by atoms with Gasteiger partial charge in [-0.25, -0.2) is 4.79 Å². The molecule has 17 heavy (non-hydrogen) atoms. The maximum Gasteiger partial charge on any atom is 0.331 e. The molecule has 1 saturated carbocycles. The van der Waals surface area contributed by atoms with E-state index in [-0.39, 0.29) is 17.1 Å². The summed E-state index contributed by atoms with van der Waals surface area (Å²) in [6.07, 6.45) is 2.48. The maximum atomic E-state index is 11.5. The Bertz CT molecular complexity index is 331. The summed E-state index contributed by atoms with van der Waals surface area (Å²) in [6, 6.07) is 0. The van der Waals surface area contributed by atoms with E-state index < -0.39 is 5.97 Å². The number of carboxylic acids is 1. The van der Waals surface area contributed by atoms with Crippen molar-refractivity contribution in [2.75, 3.05) is 19.8 Å². The summed E-state index contributed by atoms with van der Waals surface area (Å²) < 4.78 is 5.35. The van der Waals surface area contributed by atoms with Crippen molar-refractivity contribution < 1.29 is 19.4 Å². The van der Waals surface area contributed by atoms with Crippen LogP contribution >= 0.6 is 0 Å². The van der Waals surface area contributed by atoms with Crippen molar-refractivity contribution >= 4 is 11.9 Å². The van der Waals surface area contributed by atoms with Gasteiger partial charge in [-0.3, -0.25) is 4.79 Å². The van der Waals surface area contributed by atoms with Crippen molar-refractivity contribution in [2.24, 2.45) is 5.92 Å². The minimum atomic E-state index is -1.07. The largest absolute Gasteiger partial charge is 0.478 e. The molecule has 0 aliphatic heterocycles. The number of ether oxygens (including phenoxy) is 1. The number of hydrogen-bond donors (Lipinski definition) is 2. The zero-order chi connectivity index (χ0) is 12.8. The van der Waals surface area contributed by atoms with Crippen LogP contribution in [0, 0.1) is 5.92 Å². The van der Waals surface area contributed by atoms with Crippen molar-refractivity contribution in [1.29, 1.82) is 0 Å². The Kier molecular flexibility index (Phi) is 5.15. The molecule has 0 heterocycles. The first-order valence-electron chi connectivity index (χ1n) is 5.79. The van der Waals surface area contributed by atoms with Crippen LogP contribution in [-0.4, -0.2) is 36.7 Å². The summed E-state index contributed by atoms with van der Waals surface area (Å²) in [5.41, 5.74) is 0.307. The number of carboxylic acid groups (broad SMARTS) is 1. The van der Waals surface area contributed by atoms with Gasteiger partial charge in [0, 0.05) is 24.3 Å². The fourth-order valence-corrected chi connectivity index (χ4v) is 1.23. The Morgan fingerprint density at radius 1 is 1.29 bits per heavy atom. The molecule has 0 aromatic heterocycles. The van der Waals surface area contributed by atoms with Gasteiger partial charge in [-0.1, -0.05) is 0 Å². The SMILES string of the molecule is CC(C(=O)O)=C(C)C(=O)NCCOCC1CC1. The Morgan fingerprint density at radius 3 is 2.47 bits per heavy atom. The van der Waals surface area contributed by atoms with Crippen molar-refractivity contribution in [1.82, 2.24) is 5.32 Å². The highest BCUT2D eigenvalue weighted by Crippen LogP contribution is 2.28. The zero-order valence-electron chi connectivity index (χ0n) is 10.3. The molecule has 1 aliphatic rings. The first-order chi connectivity index (χ1) is 8.02. The predicted octanol–water partition coefficient (Wildman–Crippen LogP) is 0.950. The van der Waals surface area contributed by atoms with E-state index in [0.717, 1.165) is 6.61 Å². The van der Waals surface area contributed by atoms with Gasteiger partial charge in [0.2, 0.25) is 5.91 Å². The van der Waals surface area contributed by atoms with Crippen molar-refractivity contribution in [3.05, 3.63) is 11.1 Å². The van der Waals surface area contributed by atoms with Crippen LogP contribution in [0.2, 0.25) is 0 Å². The van der Waals surface area contributed by atoms with Gasteiger partial charge >= 0.3 is 5.97 Å². The maximum absolute atomic E-state index is 11.5. The average molecular weight is 241 g/mol. The Morgan fingerprint density at radius 2 is 1.94 bits per heavy atom. The minimum absolute atomic E-state index is 0.0707. The van der Waals surface area contributed by atoms with E-state index in [1.807, 2.05) is 0 Å². The minimum Gasteiger partial charge on any atom is -0.478 e. The van der Waals surface area contributed by atoms with E-state index in [0.29, 0.717) is 19.1 Å². The smallest absolute Gasteiger partial charge is 0.331 e. The Labute approximate surface area is 101 Å². The van der Waals surface area contributed by atoms with Crippen LogP contribution < -0.4 is 5.32 Å². The van der Waals surface area contributed by atoms with Crippen LogP contribution in [0.1, 0.15) is 26.7 Å². The number of carbonyl (C=O) groups is 2. The average Bonchev–Trinajstić information content (AvgIpc) is 3.10. The van der Waals surface area contributed by atoms with Crippen molar-refractivity contribution in [2.45, 2.75) is 26.7 Å². The van der Waals surface area contributed by atoms with E-state index in [1.165, 1.54) is 26.7 Å². The lowest BCUT2D eigenvalue weighted by Gasteiger charge is -2.07. The second-order valence-electron chi connectivity index (χ2n) is 4.33. The second kappa shape index (κ2) is 6.39. The molecule has 96 valence electrons. The molecule has 1 fully saturated rings. The topological polar surface area (TPSA) is 75.6 Å². The Balaban J connectivity index is 2.18. The molecule has 1 rings (SSSR count). The molecule has 2 N–H and O–H groups in total. The third-order valence-corrected chi connectivity index (χ3v) is 2.81. The van der Waals surface area contributed by atoms with Gasteiger partial charge in [0.25, 0.3) is 0 Å². The molecular weight excluding hydrogens is 222 g/mol. The fourth-order valence-electron chi connectivity index (χ4n) is 1.23. The molecular formula is C12H19NO4. The van der Waals surface area contributed by atoms with Gasteiger partial charge in [0.15, 0.2) is 0 Å². The van der Waals surface area contributed by atoms with E-state index in [2.05, 4.69) is 5.32 Å². The van der Waals surface area contributed by atoms with Gasteiger partial charge in [-0.2, -0.15) is 0 Å². The molecule has 5 nitrogen and oxygen atoms in total. The lowest BCUT2D eigenvalue weighted by molar-refractivity contribution is -0.133. The lowest BCUT2D eigenvalue weighted by Crippen LogP contribution is -2.29. The molecule has 0 aromatic carbocycles. The summed E-state index contributed by atoms with van der Waals surface area (Å²) in [6.45, 7) is 4.57. The third-order valence-electron chi connectivity index (χ3n) is 2.81. The zero-order valence-corrected chi connectivity index (χ0v) is 10.3. The predicted molar refractivity (Wildman–Crippen MR) is 62.6 cm³/mol. The molecule has 0 radical (unpaired) electrons. The van der Waals surface area contributed by atoms with E-state index in [4.69, 9.17) is 9.84 Å². The first-order valence-corrected chi connectivity index (χ1v) is 5.79. The molecule has 1 amide bonds. The lowest BCUT2D eigenvalue weighted by atomic mass is 10.1. The standard InChI is InChI=1S/C12H19NO4/c1-8(9(2)12(15)16)11(14)13-5-6-17-7-10-3-4-10/h10H,3-7H2,1-2H3,(H,13,14)(H,15,16). The number of aliphatic carboxylic acids is 1. The van der Waals surface area contributed by atoms with Crippen LogP contribution in [0.25, 0.3) is 0 Å². The molecule has 0 aromatic rings. The summed E-state index contributed by atoms with van der Waals surface area (Å²) in [5, 5.41) is 11.3. The number of carbonyl (C=O) groups excluding carboxylic acids is 1. The molecule has 0 saturated heterocycles. The third kappa shape index (κ3) is 4.99. The number of nitrogens with one attached hydrogen (secondary N) is 1. The molecule has 0 bridgehead atoms. The van der Waals surface area contributed by atoms with Crippen LogP contribution in [0.3, 0.4) is 0 Å². The molecule has 0 unspecified atom stereocenters. The van der Waals surface area contributed by atoms with E-state index in [9.17, 15) is 9.59 Å². The molecule has 5 heteroatoms. The highest BCUT2D eigenvalue weighted by atomic mass is 16.5. The fraction of sp³-hybridized carbons (Fsp3) is 0.667. The Hall–Kier alpha value is -1.36. The van der Waals surface area contributed by atoms with Gasteiger partial charge in [-0.05, 0) is 32.6 Å². The molecule has 1 aliphatic carbocycles. The first kappa shape index (κ1) is 13.7. The normalized spacial score (nSPS) is 16.4.